The zero-order valence-electron chi connectivity index (χ0n) is 11.9. The monoisotopic (exact) mass is 366 g/mol. The van der Waals surface area contributed by atoms with Gasteiger partial charge in [0.1, 0.15) is 10.7 Å². The van der Waals surface area contributed by atoms with Crippen LogP contribution in [0.4, 0.5) is 4.39 Å². The van der Waals surface area contributed by atoms with Gasteiger partial charge in [-0.15, -0.1) is 0 Å². The summed E-state index contributed by atoms with van der Waals surface area (Å²) in [6.07, 6.45) is 0. The molecule has 1 aromatic rings. The summed E-state index contributed by atoms with van der Waals surface area (Å²) in [7, 11) is -3.86. The van der Waals surface area contributed by atoms with Crippen LogP contribution in [0.15, 0.2) is 27.6 Å². The van der Waals surface area contributed by atoms with Crippen LogP contribution in [0.2, 0.25) is 0 Å². The fourth-order valence-electron chi connectivity index (χ4n) is 1.73. The average molecular weight is 367 g/mol. The third-order valence-corrected chi connectivity index (χ3v) is 5.47. The Hall–Kier alpha value is -0.500. The Labute approximate surface area is 128 Å². The maximum atomic E-state index is 13.9. The van der Waals surface area contributed by atoms with Gasteiger partial charge < -0.3 is 5.73 Å². The molecule has 0 atom stereocenters. The Morgan fingerprint density at radius 3 is 2.45 bits per heavy atom. The van der Waals surface area contributed by atoms with Gasteiger partial charge in [-0.05, 0) is 30.2 Å². The molecule has 0 spiro atoms. The smallest absolute Gasteiger partial charge is 0.245 e. The first kappa shape index (κ1) is 17.6. The highest BCUT2D eigenvalue weighted by molar-refractivity contribution is 9.10. The number of nitrogens with two attached hydrogens (primary N) is 1. The van der Waals surface area contributed by atoms with Crippen molar-refractivity contribution in [3.8, 4) is 0 Å². The molecule has 0 radical (unpaired) electrons. The van der Waals surface area contributed by atoms with Crippen LogP contribution in [0.25, 0.3) is 0 Å². The summed E-state index contributed by atoms with van der Waals surface area (Å²) in [5.41, 5.74) is 5.27. The van der Waals surface area contributed by atoms with Crippen LogP contribution in [0.3, 0.4) is 0 Å². The van der Waals surface area contributed by atoms with Gasteiger partial charge in [0, 0.05) is 17.6 Å². The Kier molecular flexibility index (Phi) is 5.71. The fraction of sp³-hybridized carbons (Fsp3) is 0.538. The molecule has 0 aliphatic heterocycles. The van der Waals surface area contributed by atoms with Gasteiger partial charge in [-0.25, -0.2) is 12.8 Å². The lowest BCUT2D eigenvalue weighted by Gasteiger charge is -2.30. The van der Waals surface area contributed by atoms with E-state index >= 15 is 0 Å². The van der Waals surface area contributed by atoms with E-state index in [0.29, 0.717) is 11.0 Å². The van der Waals surface area contributed by atoms with Crippen molar-refractivity contribution >= 4 is 26.0 Å². The zero-order valence-corrected chi connectivity index (χ0v) is 14.3. The Bertz CT molecular complexity index is 576. The quantitative estimate of drug-likeness (QED) is 0.841. The second-order valence-corrected chi connectivity index (χ2v) is 8.20. The Morgan fingerprint density at radius 1 is 1.40 bits per heavy atom. The summed E-state index contributed by atoms with van der Waals surface area (Å²) in [6.45, 7) is 6.34. The third kappa shape index (κ3) is 4.00. The standard InChI is InChI=1S/C13H20BrFN2O2S/c1-4-17(9-13(2,3)8-16)20(18,19)12-6-5-10(14)7-11(12)15/h5-7H,4,8-9,16H2,1-3H3. The third-order valence-electron chi connectivity index (χ3n) is 3.02. The van der Waals surface area contributed by atoms with Crippen LogP contribution >= 0.6 is 15.9 Å². The molecule has 0 unspecified atom stereocenters. The van der Waals surface area contributed by atoms with Crippen LogP contribution in [0.5, 0.6) is 0 Å². The van der Waals surface area contributed by atoms with E-state index in [2.05, 4.69) is 15.9 Å². The number of nitrogens with zero attached hydrogens (tertiary/aromatic N) is 1. The summed E-state index contributed by atoms with van der Waals surface area (Å²) < 4.78 is 40.7. The summed E-state index contributed by atoms with van der Waals surface area (Å²) in [5, 5.41) is 0. The highest BCUT2D eigenvalue weighted by atomic mass is 79.9. The molecular weight excluding hydrogens is 347 g/mol. The molecule has 20 heavy (non-hydrogen) atoms. The average Bonchev–Trinajstić information content (AvgIpc) is 2.35. The van der Waals surface area contributed by atoms with Gasteiger partial charge in [0.25, 0.3) is 0 Å². The molecule has 0 aromatic heterocycles. The molecule has 1 aromatic carbocycles. The van der Waals surface area contributed by atoms with Crippen molar-refractivity contribution in [1.29, 1.82) is 0 Å². The predicted molar refractivity (Wildman–Crippen MR) is 81.4 cm³/mol. The fourth-order valence-corrected chi connectivity index (χ4v) is 3.75. The number of sulfonamides is 1. The number of hydrogen-bond donors (Lipinski definition) is 1. The number of rotatable bonds is 6. The second-order valence-electron chi connectivity index (χ2n) is 5.37. The molecule has 0 amide bonds. The van der Waals surface area contributed by atoms with E-state index in [4.69, 9.17) is 5.73 Å². The van der Waals surface area contributed by atoms with Gasteiger partial charge in [0.05, 0.1) is 0 Å². The Morgan fingerprint density at radius 2 is 2.00 bits per heavy atom. The van der Waals surface area contributed by atoms with Gasteiger partial charge in [0.15, 0.2) is 0 Å². The van der Waals surface area contributed by atoms with E-state index < -0.39 is 15.8 Å². The van der Waals surface area contributed by atoms with Crippen molar-refractivity contribution in [2.75, 3.05) is 19.6 Å². The molecule has 2 N–H and O–H groups in total. The molecule has 0 aliphatic rings. The number of halogens is 2. The van der Waals surface area contributed by atoms with Crippen LogP contribution in [0, 0.1) is 11.2 Å². The molecule has 0 bridgehead atoms. The molecule has 4 nitrogen and oxygen atoms in total. The lowest BCUT2D eigenvalue weighted by molar-refractivity contribution is 0.272. The van der Waals surface area contributed by atoms with E-state index in [9.17, 15) is 12.8 Å². The highest BCUT2D eigenvalue weighted by Crippen LogP contribution is 2.25. The van der Waals surface area contributed by atoms with Crippen molar-refractivity contribution in [3.05, 3.63) is 28.5 Å². The minimum absolute atomic E-state index is 0.248. The molecule has 0 saturated carbocycles. The molecular formula is C13H20BrFN2O2S. The van der Waals surface area contributed by atoms with E-state index in [1.165, 1.54) is 16.4 Å². The maximum Gasteiger partial charge on any atom is 0.245 e. The molecule has 0 saturated heterocycles. The minimum atomic E-state index is -3.86. The van der Waals surface area contributed by atoms with Crippen molar-refractivity contribution < 1.29 is 12.8 Å². The number of hydrogen-bond acceptors (Lipinski definition) is 3. The van der Waals surface area contributed by atoms with E-state index in [1.807, 2.05) is 13.8 Å². The normalized spacial score (nSPS) is 12.9. The summed E-state index contributed by atoms with van der Waals surface area (Å²) in [6, 6.07) is 3.93. The summed E-state index contributed by atoms with van der Waals surface area (Å²) in [4.78, 5) is -0.310. The van der Waals surface area contributed by atoms with E-state index in [0.717, 1.165) is 6.07 Å². The maximum absolute atomic E-state index is 13.9. The second kappa shape index (κ2) is 6.51. The van der Waals surface area contributed by atoms with Crippen molar-refractivity contribution in [2.24, 2.45) is 11.1 Å². The largest absolute Gasteiger partial charge is 0.330 e. The Balaban J connectivity index is 3.19. The van der Waals surface area contributed by atoms with E-state index in [-0.39, 0.29) is 23.4 Å². The van der Waals surface area contributed by atoms with Gasteiger partial charge in [-0.3, -0.25) is 0 Å². The van der Waals surface area contributed by atoms with Gasteiger partial charge >= 0.3 is 0 Å². The minimum Gasteiger partial charge on any atom is -0.330 e. The highest BCUT2D eigenvalue weighted by Gasteiger charge is 2.30. The topological polar surface area (TPSA) is 63.4 Å². The molecule has 7 heteroatoms. The van der Waals surface area contributed by atoms with Crippen LogP contribution in [-0.4, -0.2) is 32.4 Å². The number of benzene rings is 1. The predicted octanol–water partition coefficient (Wildman–Crippen LogP) is 2.58. The first-order chi connectivity index (χ1) is 9.14. The van der Waals surface area contributed by atoms with Crippen LogP contribution in [0.1, 0.15) is 20.8 Å². The lowest BCUT2D eigenvalue weighted by Crippen LogP contribution is -2.42. The van der Waals surface area contributed by atoms with Gasteiger partial charge in [-0.2, -0.15) is 4.31 Å². The van der Waals surface area contributed by atoms with Crippen molar-refractivity contribution in [3.63, 3.8) is 0 Å². The van der Waals surface area contributed by atoms with Crippen LogP contribution < -0.4 is 5.73 Å². The van der Waals surface area contributed by atoms with Crippen molar-refractivity contribution in [1.82, 2.24) is 4.31 Å². The van der Waals surface area contributed by atoms with Gasteiger partial charge in [0.2, 0.25) is 10.0 Å². The molecule has 0 heterocycles. The van der Waals surface area contributed by atoms with E-state index in [1.54, 1.807) is 6.92 Å². The molecule has 0 aliphatic carbocycles. The molecule has 0 fully saturated rings. The SMILES string of the molecule is CCN(CC(C)(C)CN)S(=O)(=O)c1ccc(Br)cc1F. The molecule has 114 valence electrons. The zero-order chi connectivity index (χ0) is 15.6. The molecule has 1 rings (SSSR count). The summed E-state index contributed by atoms with van der Waals surface area (Å²) >= 11 is 3.11. The van der Waals surface area contributed by atoms with Crippen molar-refractivity contribution in [2.45, 2.75) is 25.7 Å². The summed E-state index contributed by atoms with van der Waals surface area (Å²) in [5.74, 6) is -0.761. The van der Waals surface area contributed by atoms with Gasteiger partial charge in [-0.1, -0.05) is 36.7 Å². The first-order valence-corrected chi connectivity index (χ1v) is 8.52. The first-order valence-electron chi connectivity index (χ1n) is 6.29. The van der Waals surface area contributed by atoms with Crippen LogP contribution in [-0.2, 0) is 10.0 Å². The lowest BCUT2D eigenvalue weighted by atomic mass is 9.94.